The number of anilines is 2. The van der Waals surface area contributed by atoms with Crippen LogP contribution in [0.25, 0.3) is 11.3 Å². The number of rotatable bonds is 6. The summed E-state index contributed by atoms with van der Waals surface area (Å²) in [6, 6.07) is 18.0. The van der Waals surface area contributed by atoms with Gasteiger partial charge in [0.15, 0.2) is 0 Å². The number of nitrogens with zero attached hydrogens (tertiary/aromatic N) is 2. The lowest BCUT2D eigenvalue weighted by Crippen LogP contribution is -2.14. The minimum atomic E-state index is -0.173. The zero-order valence-corrected chi connectivity index (χ0v) is 16.6. The maximum Gasteiger partial charge on any atom is 0.234 e. The maximum absolute atomic E-state index is 12.2. The Morgan fingerprint density at radius 3 is 2.32 bits per heavy atom. The predicted molar refractivity (Wildman–Crippen MR) is 113 cm³/mol. The minimum absolute atomic E-state index is 0.167. The second kappa shape index (κ2) is 9.34. The molecule has 6 nitrogen and oxygen atoms in total. The van der Waals surface area contributed by atoms with E-state index in [1.165, 1.54) is 18.7 Å². The fourth-order valence-corrected chi connectivity index (χ4v) is 3.13. The van der Waals surface area contributed by atoms with Crippen LogP contribution in [0.2, 0.25) is 5.02 Å². The van der Waals surface area contributed by atoms with Crippen LogP contribution < -0.4 is 10.6 Å². The number of halogens is 1. The van der Waals surface area contributed by atoms with E-state index in [1.54, 1.807) is 36.4 Å². The number of thioether (sulfide) groups is 1. The van der Waals surface area contributed by atoms with Crippen molar-refractivity contribution >= 4 is 46.6 Å². The van der Waals surface area contributed by atoms with Gasteiger partial charge in [-0.05, 0) is 42.5 Å². The molecular weight excluding hydrogens is 396 g/mol. The number of hydrogen-bond donors (Lipinski definition) is 2. The fourth-order valence-electron chi connectivity index (χ4n) is 2.39. The Balaban J connectivity index is 1.54. The smallest absolute Gasteiger partial charge is 0.234 e. The molecule has 142 valence electrons. The fraction of sp³-hybridized carbons (Fsp3) is 0.100. The highest BCUT2D eigenvalue weighted by atomic mass is 35.5. The molecule has 0 unspecified atom stereocenters. The first-order valence-electron chi connectivity index (χ1n) is 8.39. The Morgan fingerprint density at radius 1 is 0.964 bits per heavy atom. The van der Waals surface area contributed by atoms with Crippen LogP contribution >= 0.6 is 23.4 Å². The van der Waals surface area contributed by atoms with E-state index in [2.05, 4.69) is 20.8 Å². The molecular formula is C20H17ClN4O2S. The summed E-state index contributed by atoms with van der Waals surface area (Å²) < 4.78 is 0. The third-order valence-electron chi connectivity index (χ3n) is 3.60. The molecule has 0 bridgehead atoms. The summed E-state index contributed by atoms with van der Waals surface area (Å²) in [4.78, 5) is 23.3. The molecule has 1 aromatic heterocycles. The minimum Gasteiger partial charge on any atom is -0.326 e. The highest BCUT2D eigenvalue weighted by molar-refractivity contribution is 7.99. The molecule has 0 aliphatic carbocycles. The lowest BCUT2D eigenvalue weighted by molar-refractivity contribution is -0.114. The van der Waals surface area contributed by atoms with Crippen LogP contribution in [0.1, 0.15) is 6.92 Å². The Kier molecular flexibility index (Phi) is 6.62. The zero-order chi connectivity index (χ0) is 19.9. The van der Waals surface area contributed by atoms with E-state index in [-0.39, 0.29) is 17.6 Å². The molecule has 0 radical (unpaired) electrons. The molecule has 1 heterocycles. The molecule has 0 aliphatic heterocycles. The number of aromatic nitrogens is 2. The van der Waals surface area contributed by atoms with E-state index in [0.717, 1.165) is 11.3 Å². The van der Waals surface area contributed by atoms with E-state index >= 15 is 0 Å². The van der Waals surface area contributed by atoms with Crippen LogP contribution in [-0.4, -0.2) is 27.8 Å². The second-order valence-corrected chi connectivity index (χ2v) is 7.29. The molecule has 0 fully saturated rings. The van der Waals surface area contributed by atoms with Crippen molar-refractivity contribution in [3.8, 4) is 11.3 Å². The zero-order valence-electron chi connectivity index (χ0n) is 15.0. The van der Waals surface area contributed by atoms with E-state index in [0.29, 0.717) is 21.4 Å². The first kappa shape index (κ1) is 19.9. The Labute approximate surface area is 171 Å². The number of carbonyl (C=O) groups excluding carboxylic acids is 2. The van der Waals surface area contributed by atoms with Crippen LogP contribution in [0.4, 0.5) is 11.4 Å². The van der Waals surface area contributed by atoms with E-state index in [1.807, 2.05) is 24.3 Å². The van der Waals surface area contributed by atoms with Gasteiger partial charge < -0.3 is 10.6 Å². The third-order valence-corrected chi connectivity index (χ3v) is 4.77. The molecule has 0 saturated heterocycles. The predicted octanol–water partition coefficient (Wildman–Crippen LogP) is 4.49. The Bertz CT molecular complexity index is 978. The summed E-state index contributed by atoms with van der Waals surface area (Å²) in [6.45, 7) is 1.43. The normalized spacial score (nSPS) is 10.4. The molecule has 2 aromatic carbocycles. The van der Waals surface area contributed by atoms with Gasteiger partial charge in [-0.2, -0.15) is 0 Å². The monoisotopic (exact) mass is 412 g/mol. The van der Waals surface area contributed by atoms with Gasteiger partial charge in [0.1, 0.15) is 5.03 Å². The van der Waals surface area contributed by atoms with Crippen molar-refractivity contribution in [3.05, 3.63) is 65.7 Å². The third kappa shape index (κ3) is 5.80. The quantitative estimate of drug-likeness (QED) is 0.583. The van der Waals surface area contributed by atoms with Crippen molar-refractivity contribution in [2.75, 3.05) is 16.4 Å². The van der Waals surface area contributed by atoms with Gasteiger partial charge >= 0.3 is 0 Å². The lowest BCUT2D eigenvalue weighted by Gasteiger charge is -2.07. The van der Waals surface area contributed by atoms with Crippen molar-refractivity contribution in [2.24, 2.45) is 0 Å². The van der Waals surface area contributed by atoms with Gasteiger partial charge in [-0.1, -0.05) is 41.6 Å². The van der Waals surface area contributed by atoms with E-state index in [4.69, 9.17) is 11.6 Å². The van der Waals surface area contributed by atoms with Gasteiger partial charge in [0.05, 0.1) is 11.4 Å². The van der Waals surface area contributed by atoms with Crippen molar-refractivity contribution in [1.29, 1.82) is 0 Å². The van der Waals surface area contributed by atoms with Crippen LogP contribution in [0.5, 0.6) is 0 Å². The number of nitrogens with one attached hydrogen (secondary N) is 2. The first-order chi connectivity index (χ1) is 13.5. The molecule has 2 N–H and O–H groups in total. The topological polar surface area (TPSA) is 84.0 Å². The summed E-state index contributed by atoms with van der Waals surface area (Å²) in [6.07, 6.45) is 0. The Morgan fingerprint density at radius 2 is 1.68 bits per heavy atom. The molecule has 8 heteroatoms. The van der Waals surface area contributed by atoms with Crippen molar-refractivity contribution in [3.63, 3.8) is 0 Å². The van der Waals surface area contributed by atoms with E-state index in [9.17, 15) is 9.59 Å². The summed E-state index contributed by atoms with van der Waals surface area (Å²) in [7, 11) is 0. The van der Waals surface area contributed by atoms with Gasteiger partial charge in [0.2, 0.25) is 11.8 Å². The van der Waals surface area contributed by atoms with Crippen LogP contribution in [0, 0.1) is 0 Å². The molecule has 3 aromatic rings. The van der Waals surface area contributed by atoms with Crippen molar-refractivity contribution in [2.45, 2.75) is 11.9 Å². The van der Waals surface area contributed by atoms with Crippen molar-refractivity contribution in [1.82, 2.24) is 10.2 Å². The van der Waals surface area contributed by atoms with Crippen LogP contribution in [-0.2, 0) is 9.59 Å². The number of hydrogen-bond acceptors (Lipinski definition) is 5. The molecule has 0 atom stereocenters. The van der Waals surface area contributed by atoms with Gasteiger partial charge in [-0.3, -0.25) is 9.59 Å². The molecule has 28 heavy (non-hydrogen) atoms. The largest absolute Gasteiger partial charge is 0.326 e. The average molecular weight is 413 g/mol. The summed E-state index contributed by atoms with van der Waals surface area (Å²) in [5, 5.41) is 15.1. The number of amides is 2. The molecule has 3 rings (SSSR count). The first-order valence-corrected chi connectivity index (χ1v) is 9.76. The SMILES string of the molecule is CC(=O)Nc1cccc(NC(=O)CSc2ccc(-c3ccc(Cl)cc3)nn2)c1. The summed E-state index contributed by atoms with van der Waals surface area (Å²) >= 11 is 7.18. The van der Waals surface area contributed by atoms with Crippen LogP contribution in [0.15, 0.2) is 65.7 Å². The molecule has 0 saturated carbocycles. The highest BCUT2D eigenvalue weighted by Crippen LogP contribution is 2.22. The molecule has 0 aliphatic rings. The van der Waals surface area contributed by atoms with Gasteiger partial charge in [-0.25, -0.2) is 0 Å². The molecule has 0 spiro atoms. The van der Waals surface area contributed by atoms with Crippen LogP contribution in [0.3, 0.4) is 0 Å². The summed E-state index contributed by atoms with van der Waals surface area (Å²) in [5.74, 6) is -0.146. The van der Waals surface area contributed by atoms with Gasteiger partial charge in [0.25, 0.3) is 0 Å². The van der Waals surface area contributed by atoms with Crippen molar-refractivity contribution < 1.29 is 9.59 Å². The highest BCUT2D eigenvalue weighted by Gasteiger charge is 2.07. The van der Waals surface area contributed by atoms with Gasteiger partial charge in [0, 0.05) is 28.9 Å². The standard InChI is InChI=1S/C20H17ClN4O2S/c1-13(26)22-16-3-2-4-17(11-16)23-19(27)12-28-20-10-9-18(24-25-20)14-5-7-15(21)8-6-14/h2-11H,12H2,1H3,(H,22,26)(H,23,27). The Hall–Kier alpha value is -2.90. The number of carbonyl (C=O) groups is 2. The van der Waals surface area contributed by atoms with Gasteiger partial charge in [-0.15, -0.1) is 10.2 Å². The number of benzene rings is 2. The van der Waals surface area contributed by atoms with E-state index < -0.39 is 0 Å². The maximum atomic E-state index is 12.2. The average Bonchev–Trinajstić information content (AvgIpc) is 2.67. The summed E-state index contributed by atoms with van der Waals surface area (Å²) in [5.41, 5.74) is 2.90. The second-order valence-electron chi connectivity index (χ2n) is 5.86. The molecule has 2 amide bonds. The lowest BCUT2D eigenvalue weighted by atomic mass is 10.1.